The van der Waals surface area contributed by atoms with Gasteiger partial charge in [-0.3, -0.25) is 9.59 Å². The van der Waals surface area contributed by atoms with Gasteiger partial charge < -0.3 is 47.4 Å². The Morgan fingerprint density at radius 3 is 1.27 bits per heavy atom. The minimum absolute atomic E-state index is 0. The summed E-state index contributed by atoms with van der Waals surface area (Å²) in [5.74, 6) is -0.477. The molecule has 1 atom stereocenters. The zero-order valence-corrected chi connectivity index (χ0v) is 43.0. The average molecular weight is 917 g/mol. The molecule has 0 aromatic carbocycles. The molecule has 0 aliphatic carbocycles. The maximum Gasteiger partial charge on any atom is 0.236 e. The molecule has 2 amide bonds. The first kappa shape index (κ1) is 66.2. The van der Waals surface area contributed by atoms with Crippen LogP contribution in [0.5, 0.6) is 0 Å². The third kappa shape index (κ3) is 64.2. The van der Waals surface area contributed by atoms with Gasteiger partial charge in [0, 0.05) is 60.4 Å². The largest absolute Gasteiger partial charge is 0.550 e. The van der Waals surface area contributed by atoms with Crippen molar-refractivity contribution in [1.82, 2.24) is 10.6 Å². The maximum atomic E-state index is 12.2. The first-order valence-corrected chi connectivity index (χ1v) is 27.5. The minimum Gasteiger partial charge on any atom is -0.550 e. The number of Topliss-reactive ketones (excluding diaryl/α,β-unsaturated/α-hetero) is 1. The first-order chi connectivity index (χ1) is 31.2. The molecule has 0 spiro atoms. The molecule has 0 aliphatic rings. The number of rotatable bonds is 48. The highest BCUT2D eigenvalue weighted by atomic mass is 16.4. The van der Waals surface area contributed by atoms with Gasteiger partial charge in [-0.2, -0.15) is 0 Å². The van der Waals surface area contributed by atoms with E-state index in [-0.39, 0.29) is 21.1 Å². The van der Waals surface area contributed by atoms with Crippen LogP contribution in [0.4, 0.5) is 0 Å². The maximum absolute atomic E-state index is 12.2. The van der Waals surface area contributed by atoms with Crippen molar-refractivity contribution in [3.63, 3.8) is 0 Å². The van der Waals surface area contributed by atoms with Crippen LogP contribution in [0.2, 0.25) is 0 Å². The zero-order chi connectivity index (χ0) is 47.8. The fourth-order valence-corrected chi connectivity index (χ4v) is 7.51. The molecule has 0 aromatic heterocycles. The number of hydrogen-bond donors (Lipinski definition) is 6. The monoisotopic (exact) mass is 916 g/mol. The van der Waals surface area contributed by atoms with Gasteiger partial charge in [-0.15, -0.1) is 0 Å². The quantitative estimate of drug-likeness (QED) is 0.0327. The lowest BCUT2D eigenvalue weighted by Gasteiger charge is -2.12. The molecule has 11 nitrogen and oxygen atoms in total. The molecule has 0 fully saturated rings. The molecular weight excluding hydrogens is 801 g/mol. The molecule has 64 heavy (non-hydrogen) atoms. The third-order valence-electron chi connectivity index (χ3n) is 11.8. The number of carbonyl (C=O) groups is 4. The molecule has 0 rings (SSSR count). The van der Waals surface area contributed by atoms with E-state index in [0.717, 1.165) is 90.4 Å². The molecular formula is C53H115N6O5+. The number of nitrogens with two attached hydrogens (primary N) is 4. The molecule has 10 N–H and O–H groups in total. The van der Waals surface area contributed by atoms with Crippen molar-refractivity contribution in [2.24, 2.45) is 11.5 Å². The highest BCUT2D eigenvalue weighted by Gasteiger charge is 2.12. The van der Waals surface area contributed by atoms with Gasteiger partial charge in [-0.25, -0.2) is 0 Å². The number of unbranched alkanes of at least 4 members (excludes halogenated alkanes) is 26. The standard InChI is InChI=1S/C32H68N6O2.C11H22O.C10H20O2.2H2/c1-2-3-4-5-6-7-8-9-10-11-12-13-14-22-31(39)37-28-16-15-21-30(34)32(40)38-29-20-27-36-25-18-17-24-35-26-19-23-33;1-3-4-5-6-7-8-9-10-11(2)12;1-2-3-4-5-6-7-8-9-10(11)12;;/h30,35-36H,2-29,33-34H2,1H3,(H,37,39)(H,38,40);3-10H2,1-2H3;2-9H2,1H3,(H,11,12);2*1H/p+1/t30-;;;;/m1..../s1. The molecule has 0 saturated carbocycles. The van der Waals surface area contributed by atoms with Crippen LogP contribution in [0, 0.1) is 0 Å². The van der Waals surface area contributed by atoms with E-state index in [1.54, 1.807) is 6.92 Å². The van der Waals surface area contributed by atoms with E-state index in [2.05, 4.69) is 42.0 Å². The SMILES string of the molecule is CCCCCCCCCC(=O)[O-].CCCCCCCCCC(C)=O.CCCCCCCCCCCCCCCC(=O)NCCCC[C@@H](N)C(=O)NCCC[NH2+]CCCC[NH2+]CCCN.[HH].[HH]. The number of amides is 2. The van der Waals surface area contributed by atoms with Crippen LogP contribution in [0.1, 0.15) is 268 Å². The second-order valence-electron chi connectivity index (χ2n) is 18.5. The fraction of sp³-hybridized carbons (Fsp3) is 0.925. The van der Waals surface area contributed by atoms with Crippen molar-refractivity contribution in [1.29, 1.82) is 0 Å². The summed E-state index contributed by atoms with van der Waals surface area (Å²) in [6.45, 7) is 15.0. The topological polar surface area (TPSA) is 201 Å². The molecule has 0 aromatic rings. The number of carboxylic acids is 1. The van der Waals surface area contributed by atoms with E-state index in [9.17, 15) is 24.3 Å². The Kier molecular flexibility index (Phi) is 61.0. The van der Waals surface area contributed by atoms with Crippen LogP contribution < -0.4 is 37.8 Å². The van der Waals surface area contributed by atoms with Crippen molar-refractivity contribution in [2.45, 2.75) is 271 Å². The van der Waals surface area contributed by atoms with Gasteiger partial charge in [-0.05, 0) is 58.4 Å². The summed E-state index contributed by atoms with van der Waals surface area (Å²) in [6.07, 6.45) is 42.9. The lowest BCUT2D eigenvalue weighted by atomic mass is 10.0. The normalized spacial score (nSPS) is 11.3. The number of quaternary nitrogens is 2. The second kappa shape index (κ2) is 58.9. The van der Waals surface area contributed by atoms with Gasteiger partial charge in [0.05, 0.1) is 32.2 Å². The van der Waals surface area contributed by atoms with E-state index in [1.165, 1.54) is 161 Å². The van der Waals surface area contributed by atoms with Gasteiger partial charge in [-0.1, -0.05) is 175 Å². The lowest BCUT2D eigenvalue weighted by molar-refractivity contribution is -0.664. The summed E-state index contributed by atoms with van der Waals surface area (Å²) in [6, 6.07) is -0.457. The smallest absolute Gasteiger partial charge is 0.236 e. The lowest BCUT2D eigenvalue weighted by Crippen LogP contribution is -2.86. The van der Waals surface area contributed by atoms with Crippen LogP contribution in [-0.2, 0) is 19.2 Å². The Hall–Kier alpha value is -2.08. The third-order valence-corrected chi connectivity index (χ3v) is 11.8. The Labute approximate surface area is 399 Å². The zero-order valence-electron chi connectivity index (χ0n) is 43.0. The molecule has 0 bridgehead atoms. The summed E-state index contributed by atoms with van der Waals surface area (Å²) < 4.78 is 0. The van der Waals surface area contributed by atoms with E-state index in [0.29, 0.717) is 31.7 Å². The van der Waals surface area contributed by atoms with Crippen LogP contribution in [-0.4, -0.2) is 75.4 Å². The molecule has 0 saturated heterocycles. The molecule has 0 aliphatic heterocycles. The Bertz CT molecular complexity index is 957. The first-order valence-electron chi connectivity index (χ1n) is 27.5. The van der Waals surface area contributed by atoms with Crippen LogP contribution in [0.25, 0.3) is 0 Å². The summed E-state index contributed by atoms with van der Waals surface area (Å²) in [5, 5.41) is 20.7. The number of ketones is 1. The fourth-order valence-electron chi connectivity index (χ4n) is 7.51. The van der Waals surface area contributed by atoms with Crippen molar-refractivity contribution in [3.8, 4) is 0 Å². The van der Waals surface area contributed by atoms with Crippen molar-refractivity contribution < 1.29 is 37.8 Å². The van der Waals surface area contributed by atoms with E-state index >= 15 is 0 Å². The average Bonchev–Trinajstić information content (AvgIpc) is 3.27. The van der Waals surface area contributed by atoms with Gasteiger partial charge in [0.1, 0.15) is 5.78 Å². The van der Waals surface area contributed by atoms with Gasteiger partial charge in [0.15, 0.2) is 0 Å². The van der Waals surface area contributed by atoms with Crippen LogP contribution >= 0.6 is 0 Å². The Morgan fingerprint density at radius 2 is 0.844 bits per heavy atom. The summed E-state index contributed by atoms with van der Waals surface area (Å²) in [5.41, 5.74) is 11.5. The molecule has 0 radical (unpaired) electrons. The molecule has 0 unspecified atom stereocenters. The van der Waals surface area contributed by atoms with Gasteiger partial charge in [0.2, 0.25) is 11.8 Å². The summed E-state index contributed by atoms with van der Waals surface area (Å²) in [4.78, 5) is 44.8. The highest BCUT2D eigenvalue weighted by molar-refractivity contribution is 5.81. The number of carboxylic acid groups (broad SMARTS) is 1. The number of nitrogens with one attached hydrogen (secondary N) is 2. The summed E-state index contributed by atoms with van der Waals surface area (Å²) >= 11 is 0. The second-order valence-corrected chi connectivity index (χ2v) is 18.5. The minimum atomic E-state index is -0.913. The van der Waals surface area contributed by atoms with Crippen LogP contribution in [0.15, 0.2) is 0 Å². The van der Waals surface area contributed by atoms with Gasteiger partial charge in [0.25, 0.3) is 0 Å². The van der Waals surface area contributed by atoms with Crippen molar-refractivity contribution >= 4 is 23.6 Å². The van der Waals surface area contributed by atoms with E-state index in [1.807, 2.05) is 0 Å². The van der Waals surface area contributed by atoms with E-state index < -0.39 is 12.0 Å². The number of carbonyl (C=O) groups excluding carboxylic acids is 4. The molecule has 0 heterocycles. The predicted octanol–water partition coefficient (Wildman–Crippen LogP) is 8.93. The Morgan fingerprint density at radius 1 is 0.469 bits per heavy atom. The van der Waals surface area contributed by atoms with Crippen LogP contribution in [0.3, 0.4) is 0 Å². The predicted molar refractivity (Wildman–Crippen MR) is 274 cm³/mol. The number of aliphatic carboxylic acids is 1. The van der Waals surface area contributed by atoms with Crippen molar-refractivity contribution in [3.05, 3.63) is 0 Å². The summed E-state index contributed by atoms with van der Waals surface area (Å²) in [7, 11) is 0. The Balaban J connectivity index is -0.000000388. The highest BCUT2D eigenvalue weighted by Crippen LogP contribution is 2.13. The van der Waals surface area contributed by atoms with E-state index in [4.69, 9.17) is 11.5 Å². The molecule has 386 valence electrons. The van der Waals surface area contributed by atoms with Gasteiger partial charge >= 0.3 is 0 Å². The molecule has 11 heteroatoms. The van der Waals surface area contributed by atoms with Crippen molar-refractivity contribution in [2.75, 3.05) is 45.8 Å². The number of hydrogen-bond acceptors (Lipinski definition) is 7.